The predicted octanol–water partition coefficient (Wildman–Crippen LogP) is 4.53. The first-order chi connectivity index (χ1) is 15.4. The number of fused-ring (bicyclic) bond motifs is 2. The molecule has 0 aliphatic rings. The number of rotatable bonds is 4. The van der Waals surface area contributed by atoms with Crippen molar-refractivity contribution in [3.8, 4) is 0 Å². The standard InChI is InChI=1S/C23H18N6O2S/c1-13-12-14(2)29-22(24-13)26-20(27-29)21(31)28(17-10-8-16(9-11-17)15(3)30)23-25-18-6-4-5-7-19(18)32-23/h4-12H,1-3H3. The van der Waals surface area contributed by atoms with E-state index in [0.29, 0.717) is 22.2 Å². The highest BCUT2D eigenvalue weighted by atomic mass is 32.1. The normalized spacial score (nSPS) is 11.2. The highest BCUT2D eigenvalue weighted by Crippen LogP contribution is 2.34. The van der Waals surface area contributed by atoms with Crippen LogP contribution >= 0.6 is 11.3 Å². The second-order valence-electron chi connectivity index (χ2n) is 7.39. The second kappa shape index (κ2) is 7.61. The van der Waals surface area contributed by atoms with E-state index in [-0.39, 0.29) is 11.6 Å². The third-order valence-corrected chi connectivity index (χ3v) is 6.04. The van der Waals surface area contributed by atoms with E-state index in [9.17, 15) is 9.59 Å². The summed E-state index contributed by atoms with van der Waals surface area (Å²) in [6.07, 6.45) is 0. The number of carbonyl (C=O) groups is 2. The van der Waals surface area contributed by atoms with Crippen LogP contribution in [0.4, 0.5) is 10.8 Å². The van der Waals surface area contributed by atoms with Crippen LogP contribution in [0.3, 0.4) is 0 Å². The second-order valence-corrected chi connectivity index (χ2v) is 8.40. The third kappa shape index (κ3) is 3.42. The molecule has 32 heavy (non-hydrogen) atoms. The number of anilines is 2. The van der Waals surface area contributed by atoms with E-state index >= 15 is 0 Å². The maximum Gasteiger partial charge on any atom is 0.304 e. The van der Waals surface area contributed by atoms with Crippen LogP contribution in [0.2, 0.25) is 0 Å². The average Bonchev–Trinajstić information content (AvgIpc) is 3.38. The van der Waals surface area contributed by atoms with Crippen LogP contribution in [0.5, 0.6) is 0 Å². The number of hydrogen-bond donors (Lipinski definition) is 0. The molecule has 8 nitrogen and oxygen atoms in total. The molecule has 0 radical (unpaired) electrons. The Morgan fingerprint density at radius 2 is 1.72 bits per heavy atom. The van der Waals surface area contributed by atoms with Gasteiger partial charge in [-0.05, 0) is 63.2 Å². The molecule has 0 aliphatic carbocycles. The van der Waals surface area contributed by atoms with Crippen molar-refractivity contribution in [2.24, 2.45) is 0 Å². The number of aryl methyl sites for hydroxylation is 2. The van der Waals surface area contributed by atoms with E-state index in [2.05, 4.69) is 20.1 Å². The van der Waals surface area contributed by atoms with Gasteiger partial charge in [-0.1, -0.05) is 23.5 Å². The van der Waals surface area contributed by atoms with Gasteiger partial charge in [-0.15, -0.1) is 5.10 Å². The van der Waals surface area contributed by atoms with Crippen molar-refractivity contribution in [1.29, 1.82) is 0 Å². The van der Waals surface area contributed by atoms with E-state index in [1.165, 1.54) is 23.2 Å². The molecule has 158 valence electrons. The number of ketones is 1. The van der Waals surface area contributed by atoms with Gasteiger partial charge in [0.2, 0.25) is 5.82 Å². The van der Waals surface area contributed by atoms with E-state index in [4.69, 9.17) is 0 Å². The van der Waals surface area contributed by atoms with Crippen molar-refractivity contribution in [3.05, 3.63) is 77.4 Å². The topological polar surface area (TPSA) is 93.4 Å². The molecule has 0 saturated heterocycles. The van der Waals surface area contributed by atoms with Crippen molar-refractivity contribution in [2.75, 3.05) is 4.90 Å². The van der Waals surface area contributed by atoms with Crippen LogP contribution in [0.1, 0.15) is 39.3 Å². The molecule has 0 spiro atoms. The number of amides is 1. The molecule has 2 aromatic carbocycles. The monoisotopic (exact) mass is 442 g/mol. The number of hydrogen-bond acceptors (Lipinski definition) is 7. The van der Waals surface area contributed by atoms with Crippen LogP contribution in [0.25, 0.3) is 16.0 Å². The third-order valence-electron chi connectivity index (χ3n) is 5.02. The van der Waals surface area contributed by atoms with E-state index in [1.807, 2.05) is 44.2 Å². The Balaban J connectivity index is 1.65. The van der Waals surface area contributed by atoms with Gasteiger partial charge in [0.05, 0.1) is 15.9 Å². The first-order valence-corrected chi connectivity index (χ1v) is 10.7. The maximum absolute atomic E-state index is 13.7. The molecule has 5 rings (SSSR count). The molecule has 0 fully saturated rings. The number of carbonyl (C=O) groups excluding carboxylic acids is 2. The molecular weight excluding hydrogens is 424 g/mol. The minimum Gasteiger partial charge on any atom is -0.295 e. The fourth-order valence-electron chi connectivity index (χ4n) is 3.47. The van der Waals surface area contributed by atoms with Crippen LogP contribution in [-0.2, 0) is 0 Å². The molecule has 5 aromatic rings. The number of benzene rings is 2. The van der Waals surface area contributed by atoms with Gasteiger partial charge in [-0.25, -0.2) is 19.4 Å². The highest BCUT2D eigenvalue weighted by molar-refractivity contribution is 7.22. The molecule has 0 aliphatic heterocycles. The fourth-order valence-corrected chi connectivity index (χ4v) is 4.46. The summed E-state index contributed by atoms with van der Waals surface area (Å²) in [6, 6.07) is 16.4. The van der Waals surface area contributed by atoms with Gasteiger partial charge in [0.25, 0.3) is 5.78 Å². The Bertz CT molecular complexity index is 1470. The SMILES string of the molecule is CC(=O)c1ccc(N(C(=O)c2nc3nc(C)cc(C)n3n2)c2nc3ccccc3s2)cc1. The Hall–Kier alpha value is -3.98. The van der Waals surface area contributed by atoms with Gasteiger partial charge in [0.15, 0.2) is 10.9 Å². The quantitative estimate of drug-likeness (QED) is 0.380. The number of Topliss-reactive ketones (excluding diaryl/α,β-unsaturated/α-hetero) is 1. The zero-order valence-electron chi connectivity index (χ0n) is 17.6. The molecule has 9 heteroatoms. The lowest BCUT2D eigenvalue weighted by Gasteiger charge is -2.18. The van der Waals surface area contributed by atoms with Crippen molar-refractivity contribution >= 4 is 49.8 Å². The lowest BCUT2D eigenvalue weighted by molar-refractivity contribution is 0.0988. The summed E-state index contributed by atoms with van der Waals surface area (Å²) in [5.74, 6) is -0.0985. The van der Waals surface area contributed by atoms with E-state index in [1.54, 1.807) is 28.8 Å². The molecule has 0 atom stereocenters. The molecule has 0 bridgehead atoms. The van der Waals surface area contributed by atoms with Crippen molar-refractivity contribution in [3.63, 3.8) is 0 Å². The average molecular weight is 443 g/mol. The van der Waals surface area contributed by atoms with E-state index in [0.717, 1.165) is 21.6 Å². The van der Waals surface area contributed by atoms with Gasteiger partial charge < -0.3 is 0 Å². The number of nitrogens with zero attached hydrogens (tertiary/aromatic N) is 6. The maximum atomic E-state index is 13.7. The highest BCUT2D eigenvalue weighted by Gasteiger charge is 2.27. The smallest absolute Gasteiger partial charge is 0.295 e. The Kier molecular flexibility index (Phi) is 4.75. The molecule has 0 N–H and O–H groups in total. The number of thiazole rings is 1. The summed E-state index contributed by atoms with van der Waals surface area (Å²) in [4.78, 5) is 40.3. The van der Waals surface area contributed by atoms with Gasteiger partial charge in [0, 0.05) is 17.0 Å². The zero-order valence-corrected chi connectivity index (χ0v) is 18.4. The lowest BCUT2D eigenvalue weighted by atomic mass is 10.1. The zero-order chi connectivity index (χ0) is 22.4. The summed E-state index contributed by atoms with van der Waals surface area (Å²) in [6.45, 7) is 5.26. The molecular formula is C23H18N6O2S. The Morgan fingerprint density at radius 1 is 0.969 bits per heavy atom. The van der Waals surface area contributed by atoms with Gasteiger partial charge in [-0.2, -0.15) is 4.98 Å². The van der Waals surface area contributed by atoms with Crippen molar-refractivity contribution in [2.45, 2.75) is 20.8 Å². The summed E-state index contributed by atoms with van der Waals surface area (Å²) >= 11 is 1.40. The summed E-state index contributed by atoms with van der Waals surface area (Å²) < 4.78 is 2.51. The molecule has 0 unspecified atom stereocenters. The predicted molar refractivity (Wildman–Crippen MR) is 123 cm³/mol. The Morgan fingerprint density at radius 3 is 2.44 bits per heavy atom. The minimum absolute atomic E-state index is 0.0149. The van der Waals surface area contributed by atoms with Crippen LogP contribution < -0.4 is 4.90 Å². The number of aromatic nitrogens is 5. The summed E-state index contributed by atoms with van der Waals surface area (Å²) in [5.41, 5.74) is 3.55. The van der Waals surface area contributed by atoms with E-state index < -0.39 is 5.91 Å². The first-order valence-electron chi connectivity index (χ1n) is 9.93. The van der Waals surface area contributed by atoms with Gasteiger partial charge >= 0.3 is 5.91 Å². The van der Waals surface area contributed by atoms with Gasteiger partial charge in [0.1, 0.15) is 0 Å². The Labute approximate surface area is 187 Å². The fraction of sp³-hybridized carbons (Fsp3) is 0.130. The molecule has 0 saturated carbocycles. The van der Waals surface area contributed by atoms with Gasteiger partial charge in [-0.3, -0.25) is 9.59 Å². The molecule has 3 heterocycles. The van der Waals surface area contributed by atoms with Crippen LogP contribution in [0.15, 0.2) is 54.6 Å². The largest absolute Gasteiger partial charge is 0.304 e. The molecule has 1 amide bonds. The summed E-state index contributed by atoms with van der Waals surface area (Å²) in [5, 5.41) is 4.89. The van der Waals surface area contributed by atoms with Crippen LogP contribution in [0, 0.1) is 13.8 Å². The van der Waals surface area contributed by atoms with Crippen LogP contribution in [-0.4, -0.2) is 36.3 Å². The summed E-state index contributed by atoms with van der Waals surface area (Å²) in [7, 11) is 0. The van der Waals surface area contributed by atoms with Crippen molar-refractivity contribution in [1.82, 2.24) is 24.6 Å². The first kappa shape index (κ1) is 20.0. The molecule has 3 aromatic heterocycles. The number of para-hydroxylation sites is 1. The minimum atomic E-state index is -0.429. The van der Waals surface area contributed by atoms with Crippen molar-refractivity contribution < 1.29 is 9.59 Å². The lowest BCUT2D eigenvalue weighted by Crippen LogP contribution is -2.27.